The van der Waals surface area contributed by atoms with Gasteiger partial charge in [0.05, 0.1) is 6.61 Å². The summed E-state index contributed by atoms with van der Waals surface area (Å²) >= 11 is 0. The standard InChI is InChI=1S/C15H18O/c1-5-13(10-16)12(4)15-8-6-14(7-9-15)11(2)3/h1,6-9,11,16H,10H2,2-4H3/b13-12+. The van der Waals surface area contributed by atoms with E-state index in [9.17, 15) is 0 Å². The zero-order valence-corrected chi connectivity index (χ0v) is 10.1. The third-order valence-electron chi connectivity index (χ3n) is 2.80. The zero-order valence-electron chi connectivity index (χ0n) is 10.1. The molecular weight excluding hydrogens is 196 g/mol. The molecule has 1 aromatic carbocycles. The van der Waals surface area contributed by atoms with Gasteiger partial charge in [-0.3, -0.25) is 0 Å². The Balaban J connectivity index is 3.08. The van der Waals surface area contributed by atoms with Gasteiger partial charge in [-0.15, -0.1) is 6.42 Å². The highest BCUT2D eigenvalue weighted by Crippen LogP contribution is 2.21. The maximum atomic E-state index is 9.10. The van der Waals surface area contributed by atoms with Crippen LogP contribution >= 0.6 is 0 Å². The van der Waals surface area contributed by atoms with Gasteiger partial charge < -0.3 is 5.11 Å². The van der Waals surface area contributed by atoms with Gasteiger partial charge in [0.1, 0.15) is 0 Å². The Bertz CT molecular complexity index is 416. The maximum Gasteiger partial charge on any atom is 0.0763 e. The highest BCUT2D eigenvalue weighted by Gasteiger charge is 2.03. The van der Waals surface area contributed by atoms with Gasteiger partial charge >= 0.3 is 0 Å². The van der Waals surface area contributed by atoms with Crippen molar-refractivity contribution in [2.45, 2.75) is 26.7 Å². The molecule has 0 aliphatic heterocycles. The van der Waals surface area contributed by atoms with E-state index in [1.54, 1.807) is 0 Å². The van der Waals surface area contributed by atoms with E-state index in [-0.39, 0.29) is 6.61 Å². The first-order valence-electron chi connectivity index (χ1n) is 5.47. The molecule has 16 heavy (non-hydrogen) atoms. The van der Waals surface area contributed by atoms with E-state index in [1.165, 1.54) is 5.56 Å². The largest absolute Gasteiger partial charge is 0.391 e. The first-order valence-corrected chi connectivity index (χ1v) is 5.47. The molecule has 1 heteroatoms. The van der Waals surface area contributed by atoms with E-state index >= 15 is 0 Å². The maximum absolute atomic E-state index is 9.10. The van der Waals surface area contributed by atoms with Gasteiger partial charge in [0.25, 0.3) is 0 Å². The summed E-state index contributed by atoms with van der Waals surface area (Å²) in [5.41, 5.74) is 4.01. The average molecular weight is 214 g/mol. The van der Waals surface area contributed by atoms with Gasteiger partial charge in [0.15, 0.2) is 0 Å². The molecule has 84 valence electrons. The monoisotopic (exact) mass is 214 g/mol. The van der Waals surface area contributed by atoms with Crippen LogP contribution in [0.25, 0.3) is 5.57 Å². The number of rotatable bonds is 3. The number of benzene rings is 1. The molecule has 0 bridgehead atoms. The van der Waals surface area contributed by atoms with Gasteiger partial charge in [-0.2, -0.15) is 0 Å². The van der Waals surface area contributed by atoms with E-state index < -0.39 is 0 Å². The summed E-state index contributed by atoms with van der Waals surface area (Å²) in [6.45, 7) is 6.20. The van der Waals surface area contributed by atoms with Crippen LogP contribution in [0.4, 0.5) is 0 Å². The minimum absolute atomic E-state index is 0.0751. The molecule has 1 aromatic rings. The molecule has 0 aliphatic carbocycles. The predicted octanol–water partition coefficient (Wildman–Crippen LogP) is 3.21. The summed E-state index contributed by atoms with van der Waals surface area (Å²) in [4.78, 5) is 0. The Morgan fingerprint density at radius 2 is 1.88 bits per heavy atom. The van der Waals surface area contributed by atoms with Crippen LogP contribution in [-0.2, 0) is 0 Å². The summed E-state index contributed by atoms with van der Waals surface area (Å²) in [5.74, 6) is 3.05. The predicted molar refractivity (Wildman–Crippen MR) is 69.0 cm³/mol. The fourth-order valence-corrected chi connectivity index (χ4v) is 1.56. The van der Waals surface area contributed by atoms with Crippen molar-refractivity contribution in [3.63, 3.8) is 0 Å². The van der Waals surface area contributed by atoms with Crippen molar-refractivity contribution < 1.29 is 5.11 Å². The lowest BCUT2D eigenvalue weighted by atomic mass is 9.97. The number of aliphatic hydroxyl groups excluding tert-OH is 1. The highest BCUT2D eigenvalue weighted by atomic mass is 16.3. The number of hydrogen-bond donors (Lipinski definition) is 1. The minimum Gasteiger partial charge on any atom is -0.391 e. The number of hydrogen-bond acceptors (Lipinski definition) is 1. The Morgan fingerprint density at radius 1 is 1.31 bits per heavy atom. The van der Waals surface area contributed by atoms with Crippen LogP contribution in [0.15, 0.2) is 29.8 Å². The second-order valence-corrected chi connectivity index (χ2v) is 4.18. The molecular formula is C15H18O. The van der Waals surface area contributed by atoms with Crippen LogP contribution in [0.3, 0.4) is 0 Å². The molecule has 0 unspecified atom stereocenters. The molecule has 0 radical (unpaired) electrons. The van der Waals surface area contributed by atoms with Crippen LogP contribution < -0.4 is 0 Å². The third kappa shape index (κ3) is 2.74. The van der Waals surface area contributed by atoms with E-state index in [1.807, 2.05) is 6.92 Å². The van der Waals surface area contributed by atoms with Crippen molar-refractivity contribution in [2.24, 2.45) is 0 Å². The molecule has 0 atom stereocenters. The van der Waals surface area contributed by atoms with Gasteiger partial charge in [-0.1, -0.05) is 44.0 Å². The lowest BCUT2D eigenvalue weighted by Crippen LogP contribution is -1.93. The number of terminal acetylenes is 1. The quantitative estimate of drug-likeness (QED) is 0.766. The molecule has 0 aliphatic rings. The van der Waals surface area contributed by atoms with Crippen molar-refractivity contribution in [2.75, 3.05) is 6.61 Å². The van der Waals surface area contributed by atoms with Crippen LogP contribution in [-0.4, -0.2) is 11.7 Å². The summed E-state index contributed by atoms with van der Waals surface area (Å²) in [7, 11) is 0. The lowest BCUT2D eigenvalue weighted by molar-refractivity contribution is 0.336. The zero-order chi connectivity index (χ0) is 12.1. The fourth-order valence-electron chi connectivity index (χ4n) is 1.56. The summed E-state index contributed by atoms with van der Waals surface area (Å²) in [6.07, 6.45) is 5.33. The lowest BCUT2D eigenvalue weighted by Gasteiger charge is -2.08. The molecule has 0 spiro atoms. The molecule has 1 nitrogen and oxygen atoms in total. The van der Waals surface area contributed by atoms with E-state index in [2.05, 4.69) is 44.0 Å². The fraction of sp³-hybridized carbons (Fsp3) is 0.333. The Kier molecular flexibility index (Phi) is 4.34. The summed E-state index contributed by atoms with van der Waals surface area (Å²) in [6, 6.07) is 8.32. The van der Waals surface area contributed by atoms with Crippen molar-refractivity contribution in [3.05, 3.63) is 41.0 Å². The van der Waals surface area contributed by atoms with Gasteiger partial charge in [-0.05, 0) is 29.5 Å². The van der Waals surface area contributed by atoms with Gasteiger partial charge in [0.2, 0.25) is 0 Å². The molecule has 0 amide bonds. The Labute approximate surface area is 97.8 Å². The topological polar surface area (TPSA) is 20.2 Å². The van der Waals surface area contributed by atoms with Crippen LogP contribution in [0.2, 0.25) is 0 Å². The van der Waals surface area contributed by atoms with E-state index in [4.69, 9.17) is 11.5 Å². The van der Waals surface area contributed by atoms with E-state index in [0.29, 0.717) is 11.5 Å². The molecule has 0 saturated carbocycles. The summed E-state index contributed by atoms with van der Waals surface area (Å²) < 4.78 is 0. The van der Waals surface area contributed by atoms with Crippen LogP contribution in [0, 0.1) is 12.3 Å². The average Bonchev–Trinajstić information content (AvgIpc) is 2.30. The van der Waals surface area contributed by atoms with Crippen molar-refractivity contribution in [1.29, 1.82) is 0 Å². The Hall–Kier alpha value is -1.52. The summed E-state index contributed by atoms with van der Waals surface area (Å²) in [5, 5.41) is 9.10. The normalized spacial score (nSPS) is 12.2. The molecule has 0 fully saturated rings. The highest BCUT2D eigenvalue weighted by molar-refractivity contribution is 5.70. The third-order valence-corrected chi connectivity index (χ3v) is 2.80. The van der Waals surface area contributed by atoms with Crippen LogP contribution in [0.5, 0.6) is 0 Å². The Morgan fingerprint density at radius 3 is 2.25 bits per heavy atom. The SMILES string of the molecule is C#C/C(CO)=C(/C)c1ccc(C(C)C)cc1. The van der Waals surface area contributed by atoms with Crippen LogP contribution in [0.1, 0.15) is 37.8 Å². The molecule has 1 rings (SSSR count). The van der Waals surface area contributed by atoms with Gasteiger partial charge in [0, 0.05) is 5.57 Å². The first-order chi connectivity index (χ1) is 7.60. The second kappa shape index (κ2) is 5.53. The van der Waals surface area contributed by atoms with Gasteiger partial charge in [-0.25, -0.2) is 0 Å². The minimum atomic E-state index is -0.0751. The molecule has 0 saturated heterocycles. The molecule has 0 aromatic heterocycles. The van der Waals surface area contributed by atoms with Crippen molar-refractivity contribution >= 4 is 5.57 Å². The smallest absolute Gasteiger partial charge is 0.0763 e. The van der Waals surface area contributed by atoms with Crippen molar-refractivity contribution in [1.82, 2.24) is 0 Å². The second-order valence-electron chi connectivity index (χ2n) is 4.18. The number of aliphatic hydroxyl groups is 1. The molecule has 0 heterocycles. The molecule has 1 N–H and O–H groups in total. The van der Waals surface area contributed by atoms with Crippen molar-refractivity contribution in [3.8, 4) is 12.3 Å². The number of allylic oxidation sites excluding steroid dienone is 1. The van der Waals surface area contributed by atoms with E-state index in [0.717, 1.165) is 11.1 Å². The first kappa shape index (κ1) is 12.5.